The maximum Gasteiger partial charge on any atom is 0.237 e. The van der Waals surface area contributed by atoms with Gasteiger partial charge in [-0.2, -0.15) is 0 Å². The predicted molar refractivity (Wildman–Crippen MR) is 86.8 cm³/mol. The second-order valence-electron chi connectivity index (χ2n) is 4.94. The summed E-state index contributed by atoms with van der Waals surface area (Å²) in [6.45, 7) is 0.832. The molecule has 0 aromatic heterocycles. The molecule has 1 fully saturated rings. The minimum Gasteiger partial charge on any atom is -0.326 e. The minimum absolute atomic E-state index is 0.0131. The van der Waals surface area contributed by atoms with Gasteiger partial charge in [0, 0.05) is 24.9 Å². The molecule has 0 spiro atoms. The smallest absolute Gasteiger partial charge is 0.237 e. The molecule has 1 aliphatic heterocycles. The molecule has 112 valence electrons. The van der Waals surface area contributed by atoms with Gasteiger partial charge in [-0.3, -0.25) is 13.9 Å². The number of nitrogens with one attached hydrogen (secondary N) is 1. The van der Waals surface area contributed by atoms with Crippen LogP contribution in [0.1, 0.15) is 19.3 Å². The molecule has 1 heterocycles. The van der Waals surface area contributed by atoms with Crippen molar-refractivity contribution >= 4 is 29.4 Å². The summed E-state index contributed by atoms with van der Waals surface area (Å²) in [7, 11) is 0. The molecule has 0 aliphatic carbocycles. The Kier molecular flexibility index (Phi) is 5.87. The molecule has 1 N–H and O–H groups in total. The lowest BCUT2D eigenvalue weighted by atomic mass is 9.97. The van der Waals surface area contributed by atoms with E-state index in [0.29, 0.717) is 12.8 Å². The molecule has 0 saturated carbocycles. The number of β-lactam (4-membered cyclic amide) rings is 1. The highest BCUT2D eigenvalue weighted by Crippen LogP contribution is 2.26. The number of benzene rings is 1. The predicted octanol–water partition coefficient (Wildman–Crippen LogP) is 3.09. The number of nitrogens with zero attached hydrogens (tertiary/aromatic N) is 1. The Morgan fingerprint density at radius 2 is 2.14 bits per heavy atom. The van der Waals surface area contributed by atoms with E-state index in [1.54, 1.807) is 4.31 Å². The summed E-state index contributed by atoms with van der Waals surface area (Å²) < 4.78 is 1.77. The second-order valence-corrected chi connectivity index (χ2v) is 5.74. The number of hydrogen-bond acceptors (Lipinski definition) is 3. The summed E-state index contributed by atoms with van der Waals surface area (Å²) in [6.07, 6.45) is 7.84. The van der Waals surface area contributed by atoms with Crippen LogP contribution in [-0.4, -0.2) is 28.9 Å². The van der Waals surface area contributed by atoms with Gasteiger partial charge in [0.1, 0.15) is 0 Å². The lowest BCUT2D eigenvalue weighted by molar-refractivity contribution is -0.139. The van der Waals surface area contributed by atoms with Gasteiger partial charge >= 0.3 is 0 Å². The van der Waals surface area contributed by atoms with Crippen molar-refractivity contribution in [3.8, 4) is 0 Å². The number of rotatable bonds is 7. The van der Waals surface area contributed by atoms with Crippen LogP contribution in [0, 0.1) is 5.92 Å². The largest absolute Gasteiger partial charge is 0.326 e. The first-order valence-electron chi connectivity index (χ1n) is 7.06. The van der Waals surface area contributed by atoms with Crippen LogP contribution in [0.15, 0.2) is 42.5 Å². The number of carbonyl (C=O) groups excluding carboxylic acids is 2. The first-order valence-corrected chi connectivity index (χ1v) is 8.24. The fraction of sp³-hybridized carbons (Fsp3) is 0.375. The molecule has 1 saturated heterocycles. The number of amides is 2. The minimum atomic E-state index is 0.0131. The number of allylic oxidation sites excluding steroid dienone is 2. The fourth-order valence-electron chi connectivity index (χ4n) is 2.14. The van der Waals surface area contributed by atoms with E-state index >= 15 is 0 Å². The van der Waals surface area contributed by atoms with Crippen LogP contribution in [0.25, 0.3) is 0 Å². The van der Waals surface area contributed by atoms with Crippen LogP contribution in [-0.2, 0) is 9.59 Å². The summed E-state index contributed by atoms with van der Waals surface area (Å²) in [5, 5.41) is 2.85. The fourth-order valence-corrected chi connectivity index (χ4v) is 2.80. The molecular formula is C16H20N2O2S. The summed E-state index contributed by atoms with van der Waals surface area (Å²) in [5.74, 6) is 0.361. The number of anilines is 1. The summed E-state index contributed by atoms with van der Waals surface area (Å²) in [5.41, 5.74) is 0.823. The maximum atomic E-state index is 11.7. The van der Waals surface area contributed by atoms with Crippen molar-refractivity contribution in [3.05, 3.63) is 42.5 Å². The van der Waals surface area contributed by atoms with Crippen LogP contribution in [0.4, 0.5) is 5.69 Å². The average molecular weight is 304 g/mol. The van der Waals surface area contributed by atoms with E-state index in [4.69, 9.17) is 0 Å². The van der Waals surface area contributed by atoms with E-state index in [-0.39, 0.29) is 17.7 Å². The van der Waals surface area contributed by atoms with Crippen molar-refractivity contribution in [2.45, 2.75) is 19.3 Å². The molecule has 0 unspecified atom stereocenters. The monoisotopic (exact) mass is 304 g/mol. The Hall–Kier alpha value is -1.75. The second kappa shape index (κ2) is 7.88. The van der Waals surface area contributed by atoms with Crippen molar-refractivity contribution in [1.82, 2.24) is 4.31 Å². The molecule has 0 radical (unpaired) electrons. The highest BCUT2D eigenvalue weighted by Gasteiger charge is 2.34. The van der Waals surface area contributed by atoms with Crippen molar-refractivity contribution in [2.75, 3.05) is 18.1 Å². The number of carbonyl (C=O) groups is 2. The van der Waals surface area contributed by atoms with Gasteiger partial charge in [-0.1, -0.05) is 42.3 Å². The van der Waals surface area contributed by atoms with E-state index < -0.39 is 0 Å². The van der Waals surface area contributed by atoms with Crippen LogP contribution < -0.4 is 5.32 Å². The Morgan fingerprint density at radius 3 is 2.81 bits per heavy atom. The van der Waals surface area contributed by atoms with E-state index in [0.717, 1.165) is 18.7 Å². The van der Waals surface area contributed by atoms with Crippen LogP contribution >= 0.6 is 11.9 Å². The van der Waals surface area contributed by atoms with Crippen LogP contribution in [0.5, 0.6) is 0 Å². The van der Waals surface area contributed by atoms with E-state index in [1.807, 2.05) is 48.7 Å². The molecule has 4 nitrogen and oxygen atoms in total. The van der Waals surface area contributed by atoms with Crippen LogP contribution in [0.2, 0.25) is 0 Å². The molecule has 5 heteroatoms. The van der Waals surface area contributed by atoms with E-state index in [2.05, 4.69) is 5.32 Å². The third-order valence-electron chi connectivity index (χ3n) is 3.38. The van der Waals surface area contributed by atoms with Gasteiger partial charge < -0.3 is 5.32 Å². The topological polar surface area (TPSA) is 49.4 Å². The third kappa shape index (κ3) is 4.63. The Morgan fingerprint density at radius 1 is 1.38 bits per heavy atom. The van der Waals surface area contributed by atoms with Crippen molar-refractivity contribution in [3.63, 3.8) is 0 Å². The molecule has 2 rings (SSSR count). The zero-order chi connectivity index (χ0) is 15.1. The lowest BCUT2D eigenvalue weighted by Gasteiger charge is -2.35. The maximum absolute atomic E-state index is 11.7. The van der Waals surface area contributed by atoms with Gasteiger partial charge in [-0.15, -0.1) is 0 Å². The molecule has 2 amide bonds. The molecule has 1 aliphatic rings. The standard InChI is InChI=1S/C16H20N2O2S/c1-21-18-12-13(16(18)20)8-4-2-7-11-15(19)17-14-9-5-3-6-10-14/h2-6,9-10,13H,7-8,11-12H2,1H3,(H,17,19)/b4-2+/t13-/m1/s1. The normalized spacial score (nSPS) is 17.9. The van der Waals surface area contributed by atoms with Gasteiger partial charge in [-0.05, 0) is 25.0 Å². The zero-order valence-corrected chi connectivity index (χ0v) is 12.9. The lowest BCUT2D eigenvalue weighted by Crippen LogP contribution is -2.47. The molecule has 1 atom stereocenters. The van der Waals surface area contributed by atoms with E-state index in [9.17, 15) is 9.59 Å². The Labute approximate surface area is 129 Å². The molecule has 1 aromatic carbocycles. The zero-order valence-electron chi connectivity index (χ0n) is 12.1. The van der Waals surface area contributed by atoms with Gasteiger partial charge in [0.2, 0.25) is 11.8 Å². The van der Waals surface area contributed by atoms with Gasteiger partial charge in [-0.25, -0.2) is 0 Å². The van der Waals surface area contributed by atoms with Crippen LogP contribution in [0.3, 0.4) is 0 Å². The van der Waals surface area contributed by atoms with Gasteiger partial charge in [0.05, 0.1) is 5.92 Å². The average Bonchev–Trinajstić information content (AvgIpc) is 2.50. The van der Waals surface area contributed by atoms with Gasteiger partial charge in [0.15, 0.2) is 0 Å². The molecule has 1 aromatic rings. The summed E-state index contributed by atoms with van der Waals surface area (Å²) >= 11 is 1.48. The number of hydrogen-bond donors (Lipinski definition) is 1. The van der Waals surface area contributed by atoms with E-state index in [1.165, 1.54) is 11.9 Å². The highest BCUT2D eigenvalue weighted by atomic mass is 32.2. The molecule has 0 bridgehead atoms. The molecular weight excluding hydrogens is 284 g/mol. The highest BCUT2D eigenvalue weighted by molar-refractivity contribution is 7.96. The van der Waals surface area contributed by atoms with Gasteiger partial charge in [0.25, 0.3) is 0 Å². The first-order chi connectivity index (χ1) is 10.2. The van der Waals surface area contributed by atoms with Crippen molar-refractivity contribution < 1.29 is 9.59 Å². The first kappa shape index (κ1) is 15.6. The van der Waals surface area contributed by atoms with Crippen molar-refractivity contribution in [2.24, 2.45) is 5.92 Å². The Bertz CT molecular complexity index is 516. The third-order valence-corrected chi connectivity index (χ3v) is 4.15. The summed E-state index contributed by atoms with van der Waals surface area (Å²) in [6, 6.07) is 9.44. The number of para-hydroxylation sites is 1. The summed E-state index contributed by atoms with van der Waals surface area (Å²) in [4.78, 5) is 23.3. The quantitative estimate of drug-likeness (QED) is 0.478. The SMILES string of the molecule is CSN1C[C@@H](C/C=C/CCC(=O)Nc2ccccc2)C1=O. The molecule has 21 heavy (non-hydrogen) atoms. The van der Waals surface area contributed by atoms with Crippen molar-refractivity contribution in [1.29, 1.82) is 0 Å². The Balaban J connectivity index is 1.60.